The fourth-order valence-electron chi connectivity index (χ4n) is 0.781. The standard InChI is InChI=1S/C7H14F2N2O3S/c1-15(13,14)3-2-5(10)7(12)11-4-6(8)9/h5-6H,2-4,10H2,1H3,(H,11,12). The summed E-state index contributed by atoms with van der Waals surface area (Å²) < 4.78 is 44.8. The van der Waals surface area contributed by atoms with Crippen molar-refractivity contribution in [1.29, 1.82) is 0 Å². The number of alkyl halides is 2. The molecular weight excluding hydrogens is 230 g/mol. The van der Waals surface area contributed by atoms with Crippen LogP contribution < -0.4 is 11.1 Å². The second-order valence-electron chi connectivity index (χ2n) is 3.16. The van der Waals surface area contributed by atoms with Crippen LogP contribution in [0.1, 0.15) is 6.42 Å². The van der Waals surface area contributed by atoms with E-state index in [1.54, 1.807) is 0 Å². The second kappa shape index (κ2) is 5.96. The Hall–Kier alpha value is -0.760. The minimum atomic E-state index is -3.19. The van der Waals surface area contributed by atoms with E-state index in [1.165, 1.54) is 0 Å². The number of rotatable bonds is 6. The Morgan fingerprint density at radius 2 is 2.00 bits per heavy atom. The SMILES string of the molecule is CS(=O)(=O)CCC(N)C(=O)NCC(F)F. The van der Waals surface area contributed by atoms with Crippen molar-refractivity contribution in [2.45, 2.75) is 18.9 Å². The van der Waals surface area contributed by atoms with Gasteiger partial charge in [0.05, 0.1) is 18.3 Å². The van der Waals surface area contributed by atoms with Gasteiger partial charge in [0.1, 0.15) is 9.84 Å². The molecule has 0 saturated carbocycles. The number of carbonyl (C=O) groups is 1. The molecule has 1 unspecified atom stereocenters. The van der Waals surface area contributed by atoms with Crippen LogP contribution in [-0.2, 0) is 14.6 Å². The molecule has 5 nitrogen and oxygen atoms in total. The van der Waals surface area contributed by atoms with Crippen LogP contribution in [0.2, 0.25) is 0 Å². The van der Waals surface area contributed by atoms with Crippen molar-refractivity contribution in [3.05, 3.63) is 0 Å². The van der Waals surface area contributed by atoms with E-state index in [1.807, 2.05) is 5.32 Å². The second-order valence-corrected chi connectivity index (χ2v) is 5.42. The van der Waals surface area contributed by atoms with Crippen molar-refractivity contribution < 1.29 is 22.0 Å². The van der Waals surface area contributed by atoms with Crippen molar-refractivity contribution in [3.63, 3.8) is 0 Å². The molecule has 1 amide bonds. The van der Waals surface area contributed by atoms with Gasteiger partial charge in [-0.05, 0) is 6.42 Å². The first-order valence-electron chi connectivity index (χ1n) is 4.21. The summed E-state index contributed by atoms with van der Waals surface area (Å²) >= 11 is 0. The van der Waals surface area contributed by atoms with Crippen LogP contribution >= 0.6 is 0 Å². The Balaban J connectivity index is 3.90. The van der Waals surface area contributed by atoms with E-state index in [2.05, 4.69) is 0 Å². The van der Waals surface area contributed by atoms with Crippen molar-refractivity contribution in [2.75, 3.05) is 18.6 Å². The first-order chi connectivity index (χ1) is 6.72. The third-order valence-corrected chi connectivity index (χ3v) is 2.54. The molecule has 0 aliphatic heterocycles. The highest BCUT2D eigenvalue weighted by Crippen LogP contribution is 1.95. The largest absolute Gasteiger partial charge is 0.349 e. The number of hydrogen-bond donors (Lipinski definition) is 2. The lowest BCUT2D eigenvalue weighted by Crippen LogP contribution is -2.43. The van der Waals surface area contributed by atoms with Gasteiger partial charge in [-0.3, -0.25) is 4.79 Å². The third-order valence-electron chi connectivity index (χ3n) is 1.57. The number of sulfone groups is 1. The number of nitrogens with two attached hydrogens (primary N) is 1. The third kappa shape index (κ3) is 8.25. The van der Waals surface area contributed by atoms with Crippen LogP contribution in [0.25, 0.3) is 0 Å². The van der Waals surface area contributed by atoms with Crippen LogP contribution in [0, 0.1) is 0 Å². The maximum Gasteiger partial charge on any atom is 0.255 e. The number of hydrogen-bond acceptors (Lipinski definition) is 4. The summed E-state index contributed by atoms with van der Waals surface area (Å²) in [6, 6.07) is -1.07. The van der Waals surface area contributed by atoms with Gasteiger partial charge in [-0.15, -0.1) is 0 Å². The predicted octanol–water partition coefficient (Wildman–Crippen LogP) is -0.870. The smallest absolute Gasteiger partial charge is 0.255 e. The van der Waals surface area contributed by atoms with Gasteiger partial charge in [0.25, 0.3) is 6.43 Å². The molecule has 0 aromatic rings. The van der Waals surface area contributed by atoms with E-state index >= 15 is 0 Å². The van der Waals surface area contributed by atoms with Gasteiger partial charge in [0.15, 0.2) is 0 Å². The lowest BCUT2D eigenvalue weighted by molar-refractivity contribution is -0.123. The van der Waals surface area contributed by atoms with E-state index in [0.29, 0.717) is 0 Å². The van der Waals surface area contributed by atoms with Gasteiger partial charge in [-0.1, -0.05) is 0 Å². The lowest BCUT2D eigenvalue weighted by Gasteiger charge is -2.10. The topological polar surface area (TPSA) is 89.3 Å². The molecule has 0 heterocycles. The Morgan fingerprint density at radius 1 is 1.47 bits per heavy atom. The summed E-state index contributed by atoms with van der Waals surface area (Å²) in [4.78, 5) is 11.0. The highest BCUT2D eigenvalue weighted by molar-refractivity contribution is 7.90. The Labute approximate surface area is 86.9 Å². The first-order valence-corrected chi connectivity index (χ1v) is 6.27. The van der Waals surface area contributed by atoms with Crippen LogP contribution in [0.15, 0.2) is 0 Å². The van der Waals surface area contributed by atoms with E-state index < -0.39 is 34.8 Å². The summed E-state index contributed by atoms with van der Waals surface area (Å²) in [5, 5.41) is 1.91. The molecule has 0 bridgehead atoms. The number of nitrogens with one attached hydrogen (secondary N) is 1. The van der Waals surface area contributed by atoms with Gasteiger partial charge in [0.2, 0.25) is 5.91 Å². The fourth-order valence-corrected chi connectivity index (χ4v) is 1.46. The number of carbonyl (C=O) groups excluding carboxylic acids is 1. The molecule has 1 atom stereocenters. The highest BCUT2D eigenvalue weighted by atomic mass is 32.2. The summed E-state index contributed by atoms with van der Waals surface area (Å²) in [7, 11) is -3.19. The molecule has 0 fully saturated rings. The van der Waals surface area contributed by atoms with Gasteiger partial charge < -0.3 is 11.1 Å². The number of amides is 1. The molecule has 0 aromatic heterocycles. The average Bonchev–Trinajstić information content (AvgIpc) is 2.08. The molecule has 8 heteroatoms. The summed E-state index contributed by atoms with van der Waals surface area (Å²) in [5.74, 6) is -1.00. The maximum atomic E-state index is 11.7. The summed E-state index contributed by atoms with van der Waals surface area (Å²) in [6.07, 6.45) is -1.71. The molecule has 0 spiro atoms. The number of halogens is 2. The van der Waals surface area contributed by atoms with E-state index in [4.69, 9.17) is 5.73 Å². The zero-order valence-electron chi connectivity index (χ0n) is 8.24. The van der Waals surface area contributed by atoms with E-state index in [-0.39, 0.29) is 12.2 Å². The zero-order chi connectivity index (χ0) is 12.1. The first kappa shape index (κ1) is 14.2. The predicted molar refractivity (Wildman–Crippen MR) is 51.3 cm³/mol. The fraction of sp³-hybridized carbons (Fsp3) is 0.857. The maximum absolute atomic E-state index is 11.7. The van der Waals surface area contributed by atoms with Gasteiger partial charge >= 0.3 is 0 Å². The molecule has 0 aliphatic rings. The normalized spacial score (nSPS) is 13.9. The van der Waals surface area contributed by atoms with Crippen LogP contribution in [0.3, 0.4) is 0 Å². The quantitative estimate of drug-likeness (QED) is 0.635. The Bertz CT molecular complexity index is 305. The zero-order valence-corrected chi connectivity index (χ0v) is 9.06. The Morgan fingerprint density at radius 3 is 2.40 bits per heavy atom. The van der Waals surface area contributed by atoms with Crippen molar-refractivity contribution >= 4 is 15.7 Å². The molecule has 3 N–H and O–H groups in total. The molecular formula is C7H14F2N2O3S. The van der Waals surface area contributed by atoms with E-state index in [9.17, 15) is 22.0 Å². The van der Waals surface area contributed by atoms with Crippen LogP contribution in [0.4, 0.5) is 8.78 Å². The lowest BCUT2D eigenvalue weighted by atomic mass is 10.2. The average molecular weight is 244 g/mol. The minimum Gasteiger partial charge on any atom is -0.349 e. The monoisotopic (exact) mass is 244 g/mol. The van der Waals surface area contributed by atoms with Crippen molar-refractivity contribution in [2.24, 2.45) is 5.73 Å². The molecule has 90 valence electrons. The highest BCUT2D eigenvalue weighted by Gasteiger charge is 2.16. The van der Waals surface area contributed by atoms with Crippen LogP contribution in [-0.4, -0.2) is 45.3 Å². The molecule has 0 radical (unpaired) electrons. The molecule has 15 heavy (non-hydrogen) atoms. The van der Waals surface area contributed by atoms with Crippen molar-refractivity contribution in [3.8, 4) is 0 Å². The summed E-state index contributed by atoms with van der Waals surface area (Å²) in [5.41, 5.74) is 5.29. The molecule has 0 aliphatic carbocycles. The molecule has 0 aromatic carbocycles. The van der Waals surface area contributed by atoms with Crippen LogP contribution in [0.5, 0.6) is 0 Å². The summed E-state index contributed by atoms with van der Waals surface area (Å²) in [6.45, 7) is -0.772. The van der Waals surface area contributed by atoms with Crippen molar-refractivity contribution in [1.82, 2.24) is 5.32 Å². The van der Waals surface area contributed by atoms with E-state index in [0.717, 1.165) is 6.26 Å². The minimum absolute atomic E-state index is 0.0755. The molecule has 0 rings (SSSR count). The van der Waals surface area contributed by atoms with Gasteiger partial charge in [0, 0.05) is 6.26 Å². The molecule has 0 saturated heterocycles. The van der Waals surface area contributed by atoms with Gasteiger partial charge in [-0.2, -0.15) is 0 Å². The van der Waals surface area contributed by atoms with Gasteiger partial charge in [-0.25, -0.2) is 17.2 Å². The Kier molecular flexibility index (Phi) is 5.66.